The molecule has 5 heteroatoms. The predicted molar refractivity (Wildman–Crippen MR) is 120 cm³/mol. The maximum atomic E-state index is 12.4. The first kappa shape index (κ1) is 21.8. The molecule has 1 aliphatic carbocycles. The summed E-state index contributed by atoms with van der Waals surface area (Å²) in [5, 5.41) is 0. The van der Waals surface area contributed by atoms with Crippen molar-refractivity contribution in [2.24, 2.45) is 11.3 Å². The molecule has 2 heterocycles. The van der Waals surface area contributed by atoms with Gasteiger partial charge >= 0.3 is 5.97 Å². The second-order valence-electron chi connectivity index (χ2n) is 10.3. The molecule has 0 aromatic heterocycles. The van der Waals surface area contributed by atoms with Gasteiger partial charge in [0.1, 0.15) is 12.6 Å². The first-order chi connectivity index (χ1) is 14.4. The van der Waals surface area contributed by atoms with Crippen molar-refractivity contribution in [2.45, 2.75) is 58.7 Å². The number of ether oxygens (including phenoxy) is 1. The van der Waals surface area contributed by atoms with Crippen LogP contribution < -0.4 is 0 Å². The summed E-state index contributed by atoms with van der Waals surface area (Å²) in [4.78, 5) is 20.0. The van der Waals surface area contributed by atoms with Crippen LogP contribution in [0.1, 0.15) is 45.6 Å². The van der Waals surface area contributed by atoms with Crippen molar-refractivity contribution < 1.29 is 9.53 Å². The molecule has 166 valence electrons. The summed E-state index contributed by atoms with van der Waals surface area (Å²) < 4.78 is 5.52. The van der Waals surface area contributed by atoms with Crippen molar-refractivity contribution in [3.05, 3.63) is 35.9 Å². The highest BCUT2D eigenvalue weighted by atomic mass is 16.5. The van der Waals surface area contributed by atoms with E-state index in [1.807, 2.05) is 37.3 Å². The SMILES string of the molecule is CC(C)CC1(CN2CCN(C3CN(C(C)C(=O)OCc4ccccc4)C3)CC2)CC1. The standard InChI is InChI=1S/C25H39N3O2/c1-20(2)15-25(9-10-25)19-26-11-13-27(14-12-26)23-16-28(17-23)21(3)24(29)30-18-22-7-5-4-6-8-22/h4-8,20-21,23H,9-19H2,1-3H3. The van der Waals surface area contributed by atoms with Crippen LogP contribution in [0.3, 0.4) is 0 Å². The molecule has 5 nitrogen and oxygen atoms in total. The molecule has 1 unspecified atom stereocenters. The molecule has 3 aliphatic rings. The van der Waals surface area contributed by atoms with Gasteiger partial charge in [0.25, 0.3) is 0 Å². The lowest BCUT2D eigenvalue weighted by Gasteiger charge is -2.49. The van der Waals surface area contributed by atoms with Crippen LogP contribution in [0.5, 0.6) is 0 Å². The molecule has 1 saturated carbocycles. The van der Waals surface area contributed by atoms with Crippen molar-refractivity contribution in [2.75, 3.05) is 45.8 Å². The van der Waals surface area contributed by atoms with E-state index in [9.17, 15) is 4.79 Å². The zero-order valence-electron chi connectivity index (χ0n) is 19.1. The van der Waals surface area contributed by atoms with Crippen molar-refractivity contribution in [3.63, 3.8) is 0 Å². The zero-order valence-corrected chi connectivity index (χ0v) is 19.1. The number of carbonyl (C=O) groups is 1. The Morgan fingerprint density at radius 1 is 1.07 bits per heavy atom. The molecule has 0 radical (unpaired) electrons. The smallest absolute Gasteiger partial charge is 0.323 e. The number of hydrogen-bond donors (Lipinski definition) is 0. The molecule has 1 atom stereocenters. The van der Waals surface area contributed by atoms with Crippen molar-refractivity contribution >= 4 is 5.97 Å². The van der Waals surface area contributed by atoms with Gasteiger partial charge in [-0.25, -0.2) is 0 Å². The lowest BCUT2D eigenvalue weighted by molar-refractivity contribution is -0.154. The zero-order chi connectivity index (χ0) is 21.1. The molecule has 4 rings (SSSR count). The minimum absolute atomic E-state index is 0.109. The summed E-state index contributed by atoms with van der Waals surface area (Å²) in [7, 11) is 0. The molecule has 3 fully saturated rings. The monoisotopic (exact) mass is 413 g/mol. The highest BCUT2D eigenvalue weighted by Crippen LogP contribution is 2.51. The van der Waals surface area contributed by atoms with Crippen LogP contribution in [-0.4, -0.2) is 78.6 Å². The fraction of sp³-hybridized carbons (Fsp3) is 0.720. The average molecular weight is 414 g/mol. The maximum absolute atomic E-state index is 12.4. The van der Waals surface area contributed by atoms with Gasteiger partial charge in [0.05, 0.1) is 0 Å². The Kier molecular flexibility index (Phi) is 6.81. The van der Waals surface area contributed by atoms with E-state index in [0.717, 1.165) is 24.6 Å². The van der Waals surface area contributed by atoms with Crippen LogP contribution in [0.15, 0.2) is 30.3 Å². The average Bonchev–Trinajstić information content (AvgIpc) is 3.45. The second kappa shape index (κ2) is 9.37. The molecule has 2 saturated heterocycles. The predicted octanol–water partition coefficient (Wildman–Crippen LogP) is 3.25. The number of rotatable bonds is 9. The van der Waals surface area contributed by atoms with E-state index in [4.69, 9.17) is 4.74 Å². The minimum Gasteiger partial charge on any atom is -0.460 e. The number of benzene rings is 1. The van der Waals surface area contributed by atoms with E-state index in [-0.39, 0.29) is 12.0 Å². The lowest BCUT2D eigenvalue weighted by Crippen LogP contribution is -2.65. The third-order valence-corrected chi connectivity index (χ3v) is 7.28. The van der Waals surface area contributed by atoms with E-state index in [2.05, 4.69) is 28.5 Å². The van der Waals surface area contributed by atoms with E-state index in [1.165, 1.54) is 52.0 Å². The second-order valence-corrected chi connectivity index (χ2v) is 10.3. The number of esters is 1. The molecular formula is C25H39N3O2. The van der Waals surface area contributed by atoms with E-state index >= 15 is 0 Å². The normalized spacial score (nSPS) is 23.9. The van der Waals surface area contributed by atoms with Crippen molar-refractivity contribution in [3.8, 4) is 0 Å². The summed E-state index contributed by atoms with van der Waals surface area (Å²) in [6, 6.07) is 10.3. The Bertz CT molecular complexity index is 690. The van der Waals surface area contributed by atoms with E-state index < -0.39 is 0 Å². The fourth-order valence-electron chi connectivity index (χ4n) is 5.26. The third kappa shape index (κ3) is 5.43. The number of hydrogen-bond acceptors (Lipinski definition) is 5. The van der Waals surface area contributed by atoms with Crippen LogP contribution >= 0.6 is 0 Å². The van der Waals surface area contributed by atoms with Gasteiger partial charge in [-0.15, -0.1) is 0 Å². The summed E-state index contributed by atoms with van der Waals surface area (Å²) in [5.41, 5.74) is 1.68. The minimum atomic E-state index is -0.156. The van der Waals surface area contributed by atoms with Crippen molar-refractivity contribution in [1.29, 1.82) is 0 Å². The molecular weight excluding hydrogens is 374 g/mol. The van der Waals surface area contributed by atoms with Gasteiger partial charge in [0.2, 0.25) is 0 Å². The Morgan fingerprint density at radius 2 is 1.73 bits per heavy atom. The number of piperazine rings is 1. The van der Waals surface area contributed by atoms with Crippen LogP contribution in [0.25, 0.3) is 0 Å². The van der Waals surface area contributed by atoms with Gasteiger partial charge in [-0.2, -0.15) is 0 Å². The van der Waals surface area contributed by atoms with Gasteiger partial charge in [-0.3, -0.25) is 14.6 Å². The Morgan fingerprint density at radius 3 is 2.33 bits per heavy atom. The lowest BCUT2D eigenvalue weighted by atomic mass is 9.93. The van der Waals surface area contributed by atoms with Gasteiger partial charge in [0, 0.05) is 51.9 Å². The summed E-state index contributed by atoms with van der Waals surface area (Å²) in [5.74, 6) is 0.707. The first-order valence-electron chi connectivity index (χ1n) is 11.9. The largest absolute Gasteiger partial charge is 0.460 e. The van der Waals surface area contributed by atoms with Gasteiger partial charge in [-0.05, 0) is 43.1 Å². The molecule has 1 aromatic carbocycles. The van der Waals surface area contributed by atoms with Gasteiger partial charge in [0.15, 0.2) is 0 Å². The Hall–Kier alpha value is -1.43. The number of nitrogens with zero attached hydrogens (tertiary/aromatic N) is 3. The van der Waals surface area contributed by atoms with Gasteiger partial charge < -0.3 is 9.64 Å². The van der Waals surface area contributed by atoms with Crippen LogP contribution in [0.2, 0.25) is 0 Å². The topological polar surface area (TPSA) is 36.0 Å². The quantitative estimate of drug-likeness (QED) is 0.581. The molecule has 0 spiro atoms. The fourth-order valence-corrected chi connectivity index (χ4v) is 5.26. The van der Waals surface area contributed by atoms with Crippen LogP contribution in [0.4, 0.5) is 0 Å². The van der Waals surface area contributed by atoms with Crippen molar-refractivity contribution in [1.82, 2.24) is 14.7 Å². The molecule has 30 heavy (non-hydrogen) atoms. The molecule has 0 amide bonds. The van der Waals surface area contributed by atoms with Gasteiger partial charge in [-0.1, -0.05) is 44.2 Å². The highest BCUT2D eigenvalue weighted by Gasteiger charge is 2.45. The highest BCUT2D eigenvalue weighted by molar-refractivity contribution is 5.75. The summed E-state index contributed by atoms with van der Waals surface area (Å²) in [6.07, 6.45) is 4.26. The third-order valence-electron chi connectivity index (χ3n) is 7.28. The Balaban J connectivity index is 1.14. The maximum Gasteiger partial charge on any atom is 0.323 e. The molecule has 1 aromatic rings. The summed E-state index contributed by atoms with van der Waals surface area (Å²) >= 11 is 0. The number of carbonyl (C=O) groups excluding carboxylic acids is 1. The van der Waals surface area contributed by atoms with E-state index in [0.29, 0.717) is 18.1 Å². The first-order valence-corrected chi connectivity index (χ1v) is 11.9. The van der Waals surface area contributed by atoms with E-state index in [1.54, 1.807) is 0 Å². The molecule has 2 aliphatic heterocycles. The number of likely N-dealkylation sites (tertiary alicyclic amines) is 1. The molecule has 0 N–H and O–H groups in total. The molecule has 0 bridgehead atoms. The van der Waals surface area contributed by atoms with Crippen LogP contribution in [-0.2, 0) is 16.1 Å². The summed E-state index contributed by atoms with van der Waals surface area (Å²) in [6.45, 7) is 15.1. The van der Waals surface area contributed by atoms with Crippen LogP contribution in [0, 0.1) is 11.3 Å². The Labute approximate surface area is 182 Å².